The van der Waals surface area contributed by atoms with Crippen LogP contribution in [0.15, 0.2) is 6.07 Å². The fourth-order valence-electron chi connectivity index (χ4n) is 2.49. The zero-order valence-electron chi connectivity index (χ0n) is 13.1. The second-order valence-corrected chi connectivity index (χ2v) is 6.06. The normalized spacial score (nSPS) is 19.0. The van der Waals surface area contributed by atoms with Gasteiger partial charge in [-0.05, 0) is 27.2 Å². The van der Waals surface area contributed by atoms with Gasteiger partial charge in [0.15, 0.2) is 0 Å². The average Bonchev–Trinajstić information content (AvgIpc) is 2.34. The molecular weight excluding hydrogens is 252 g/mol. The molecule has 0 aliphatic carbocycles. The summed E-state index contributed by atoms with van der Waals surface area (Å²) in [6, 6.07) is 2.00. The number of aromatic nitrogens is 2. The maximum atomic E-state index is 5.74. The van der Waals surface area contributed by atoms with Crippen molar-refractivity contribution in [3.63, 3.8) is 0 Å². The van der Waals surface area contributed by atoms with Crippen LogP contribution in [0.5, 0.6) is 0 Å². The van der Waals surface area contributed by atoms with E-state index in [2.05, 4.69) is 41.0 Å². The van der Waals surface area contributed by atoms with Gasteiger partial charge in [-0.2, -0.15) is 0 Å². The number of hydrogen-bond donors (Lipinski definition) is 1. The van der Waals surface area contributed by atoms with Crippen LogP contribution in [0.3, 0.4) is 0 Å². The Hall–Kier alpha value is -1.20. The Morgan fingerprint density at radius 2 is 2.20 bits per heavy atom. The van der Waals surface area contributed by atoms with Gasteiger partial charge in [-0.15, -0.1) is 0 Å². The van der Waals surface area contributed by atoms with E-state index >= 15 is 0 Å². The fourth-order valence-corrected chi connectivity index (χ4v) is 2.49. The van der Waals surface area contributed by atoms with E-state index < -0.39 is 0 Å². The van der Waals surface area contributed by atoms with Crippen LogP contribution in [0, 0.1) is 6.92 Å². The Kier molecular flexibility index (Phi) is 4.94. The van der Waals surface area contributed by atoms with Crippen molar-refractivity contribution >= 4 is 5.82 Å². The molecule has 112 valence electrons. The van der Waals surface area contributed by atoms with E-state index in [1.807, 2.05) is 13.0 Å². The molecule has 5 nitrogen and oxygen atoms in total. The monoisotopic (exact) mass is 278 g/mol. The lowest BCUT2D eigenvalue weighted by molar-refractivity contribution is -0.0887. The number of nitrogens with zero attached hydrogens (tertiary/aromatic N) is 3. The first kappa shape index (κ1) is 15.2. The second-order valence-electron chi connectivity index (χ2n) is 6.06. The van der Waals surface area contributed by atoms with Crippen molar-refractivity contribution in [1.29, 1.82) is 0 Å². The summed E-state index contributed by atoms with van der Waals surface area (Å²) in [5.41, 5.74) is 0.937. The minimum atomic E-state index is -0.0780. The third kappa shape index (κ3) is 4.42. The molecule has 0 spiro atoms. The average molecular weight is 278 g/mol. The molecule has 0 bridgehead atoms. The molecule has 0 amide bonds. The van der Waals surface area contributed by atoms with E-state index in [4.69, 9.17) is 4.74 Å². The molecular formula is C15H26N4O. The molecule has 1 aliphatic heterocycles. The first-order chi connectivity index (χ1) is 9.48. The third-order valence-electron chi connectivity index (χ3n) is 3.33. The molecule has 0 saturated carbocycles. The fraction of sp³-hybridized carbons (Fsp3) is 0.733. The first-order valence-electron chi connectivity index (χ1n) is 7.43. The molecule has 1 N–H and O–H groups in total. The van der Waals surface area contributed by atoms with Gasteiger partial charge in [0.25, 0.3) is 0 Å². The van der Waals surface area contributed by atoms with E-state index in [0.29, 0.717) is 0 Å². The Balaban J connectivity index is 2.03. The lowest BCUT2D eigenvalue weighted by Crippen LogP contribution is -2.47. The Morgan fingerprint density at radius 3 is 2.90 bits per heavy atom. The molecule has 20 heavy (non-hydrogen) atoms. The van der Waals surface area contributed by atoms with Crippen molar-refractivity contribution in [2.45, 2.75) is 46.3 Å². The van der Waals surface area contributed by atoms with Crippen molar-refractivity contribution in [3.05, 3.63) is 17.6 Å². The zero-order chi connectivity index (χ0) is 14.6. The quantitative estimate of drug-likeness (QED) is 0.895. The molecule has 1 aromatic rings. The number of anilines is 1. The van der Waals surface area contributed by atoms with E-state index in [1.165, 1.54) is 0 Å². The highest BCUT2D eigenvalue weighted by Crippen LogP contribution is 2.18. The van der Waals surface area contributed by atoms with Gasteiger partial charge < -0.3 is 10.1 Å². The molecule has 0 radical (unpaired) electrons. The first-order valence-corrected chi connectivity index (χ1v) is 7.43. The predicted octanol–water partition coefficient (Wildman–Crippen LogP) is 2.22. The number of ether oxygens (including phenoxy) is 1. The Labute approximate surface area is 121 Å². The van der Waals surface area contributed by atoms with Crippen LogP contribution in [0.2, 0.25) is 0 Å². The van der Waals surface area contributed by atoms with Crippen LogP contribution in [0.1, 0.15) is 38.7 Å². The summed E-state index contributed by atoms with van der Waals surface area (Å²) in [5.74, 6) is 1.82. The second kappa shape index (κ2) is 6.50. The zero-order valence-corrected chi connectivity index (χ0v) is 13.1. The van der Waals surface area contributed by atoms with Crippen LogP contribution < -0.4 is 5.32 Å². The lowest BCUT2D eigenvalue weighted by atomic mass is 10.1. The highest BCUT2D eigenvalue weighted by Gasteiger charge is 2.27. The molecule has 5 heteroatoms. The van der Waals surface area contributed by atoms with Crippen LogP contribution in [0.25, 0.3) is 0 Å². The van der Waals surface area contributed by atoms with E-state index in [0.717, 1.165) is 56.5 Å². The Bertz CT molecular complexity index is 447. The molecule has 0 aromatic carbocycles. The van der Waals surface area contributed by atoms with E-state index in [-0.39, 0.29) is 5.60 Å². The van der Waals surface area contributed by atoms with Crippen LogP contribution in [-0.2, 0) is 11.3 Å². The predicted molar refractivity (Wildman–Crippen MR) is 80.9 cm³/mol. The molecule has 0 unspecified atom stereocenters. The summed E-state index contributed by atoms with van der Waals surface area (Å²) in [7, 11) is 0. The van der Waals surface area contributed by atoms with Gasteiger partial charge in [0.2, 0.25) is 0 Å². The van der Waals surface area contributed by atoms with Gasteiger partial charge in [0.05, 0.1) is 18.8 Å². The number of rotatable bonds is 5. The largest absolute Gasteiger partial charge is 0.373 e. The maximum absolute atomic E-state index is 5.74. The number of hydrogen-bond acceptors (Lipinski definition) is 5. The molecule has 1 saturated heterocycles. The molecule has 2 heterocycles. The number of nitrogens with one attached hydrogen (secondary N) is 1. The van der Waals surface area contributed by atoms with Gasteiger partial charge >= 0.3 is 0 Å². The Morgan fingerprint density at radius 1 is 1.40 bits per heavy atom. The van der Waals surface area contributed by atoms with Crippen molar-refractivity contribution < 1.29 is 4.74 Å². The maximum Gasteiger partial charge on any atom is 0.144 e. The molecule has 2 rings (SSSR count). The van der Waals surface area contributed by atoms with Crippen molar-refractivity contribution in [3.8, 4) is 0 Å². The third-order valence-corrected chi connectivity index (χ3v) is 3.33. The summed E-state index contributed by atoms with van der Waals surface area (Å²) in [4.78, 5) is 11.5. The SMILES string of the molecule is CCCNc1cc(C)nc(CN2CCOC(C)(C)C2)n1. The van der Waals surface area contributed by atoms with Gasteiger partial charge in [-0.3, -0.25) is 4.90 Å². The summed E-state index contributed by atoms with van der Waals surface area (Å²) in [5, 5.41) is 3.33. The standard InChI is InChI=1S/C15H26N4O/c1-5-6-16-13-9-12(2)17-14(18-13)10-19-7-8-20-15(3,4)11-19/h9H,5-8,10-11H2,1-4H3,(H,16,17,18). The van der Waals surface area contributed by atoms with Crippen molar-refractivity contribution in [1.82, 2.24) is 14.9 Å². The minimum Gasteiger partial charge on any atom is -0.373 e. The molecule has 1 aliphatic rings. The van der Waals surface area contributed by atoms with Crippen molar-refractivity contribution in [2.75, 3.05) is 31.6 Å². The van der Waals surface area contributed by atoms with Gasteiger partial charge in [-0.25, -0.2) is 9.97 Å². The number of morpholine rings is 1. The van der Waals surface area contributed by atoms with E-state index in [1.54, 1.807) is 0 Å². The van der Waals surface area contributed by atoms with Crippen LogP contribution in [-0.4, -0.2) is 46.7 Å². The summed E-state index contributed by atoms with van der Waals surface area (Å²) in [6.07, 6.45) is 1.09. The lowest BCUT2D eigenvalue weighted by Gasteiger charge is -2.37. The summed E-state index contributed by atoms with van der Waals surface area (Å²) >= 11 is 0. The highest BCUT2D eigenvalue weighted by molar-refractivity contribution is 5.35. The smallest absolute Gasteiger partial charge is 0.144 e. The summed E-state index contributed by atoms with van der Waals surface area (Å²) in [6.45, 7) is 12.8. The van der Waals surface area contributed by atoms with E-state index in [9.17, 15) is 0 Å². The number of aryl methyl sites for hydroxylation is 1. The van der Waals surface area contributed by atoms with Gasteiger partial charge in [0, 0.05) is 31.4 Å². The van der Waals surface area contributed by atoms with Gasteiger partial charge in [0.1, 0.15) is 11.6 Å². The molecule has 0 atom stereocenters. The highest BCUT2D eigenvalue weighted by atomic mass is 16.5. The van der Waals surface area contributed by atoms with Gasteiger partial charge in [-0.1, -0.05) is 6.92 Å². The summed E-state index contributed by atoms with van der Waals surface area (Å²) < 4.78 is 5.74. The topological polar surface area (TPSA) is 50.3 Å². The van der Waals surface area contributed by atoms with Crippen molar-refractivity contribution in [2.24, 2.45) is 0 Å². The van der Waals surface area contributed by atoms with Crippen LogP contribution in [0.4, 0.5) is 5.82 Å². The minimum absolute atomic E-state index is 0.0780. The van der Waals surface area contributed by atoms with Crippen LogP contribution >= 0.6 is 0 Å². The molecule has 1 fully saturated rings. The molecule has 1 aromatic heterocycles.